The van der Waals surface area contributed by atoms with Crippen LogP contribution in [0, 0.1) is 17.8 Å². The van der Waals surface area contributed by atoms with Crippen molar-refractivity contribution in [1.29, 1.82) is 0 Å². The van der Waals surface area contributed by atoms with Crippen molar-refractivity contribution in [3.63, 3.8) is 0 Å². The number of ketones is 1. The van der Waals surface area contributed by atoms with E-state index in [1.807, 2.05) is 13.8 Å². The molecule has 204 valence electrons. The van der Waals surface area contributed by atoms with Crippen molar-refractivity contribution >= 4 is 35.6 Å². The molecule has 10 heteroatoms. The van der Waals surface area contributed by atoms with Gasteiger partial charge in [-0.2, -0.15) is 0 Å². The molecule has 0 aromatic carbocycles. The zero-order valence-corrected chi connectivity index (χ0v) is 23.2. The van der Waals surface area contributed by atoms with E-state index in [1.54, 1.807) is 53.8 Å². The van der Waals surface area contributed by atoms with Crippen molar-refractivity contribution in [2.75, 3.05) is 6.54 Å². The normalized spacial score (nSPS) is 14.5. The Hall–Kier alpha value is -3.04. The number of hydrogen-bond acceptors (Lipinski definition) is 6. The summed E-state index contributed by atoms with van der Waals surface area (Å²) in [5.74, 6) is -2.31. The van der Waals surface area contributed by atoms with Gasteiger partial charge in [-0.1, -0.05) is 47.6 Å². The van der Waals surface area contributed by atoms with E-state index in [2.05, 4.69) is 26.3 Å². The van der Waals surface area contributed by atoms with E-state index in [-0.39, 0.29) is 42.4 Å². The second-order valence-electron chi connectivity index (χ2n) is 9.90. The minimum atomic E-state index is -1.00. The number of amides is 4. The Morgan fingerprint density at radius 1 is 0.806 bits per heavy atom. The largest absolute Gasteiger partial charge is 0.345 e. The lowest BCUT2D eigenvalue weighted by Gasteiger charge is -2.24. The smallest absolute Gasteiger partial charge is 0.243 e. The maximum absolute atomic E-state index is 13.1. The highest BCUT2D eigenvalue weighted by Gasteiger charge is 2.28. The van der Waals surface area contributed by atoms with Crippen LogP contribution in [-0.2, 0) is 24.0 Å². The average Bonchev–Trinajstić information content (AvgIpc) is 2.78. The molecule has 0 aliphatic rings. The molecule has 4 N–H and O–H groups in total. The van der Waals surface area contributed by atoms with Crippen LogP contribution in [0.2, 0.25) is 0 Å². The minimum absolute atomic E-state index is 0.109. The van der Waals surface area contributed by atoms with Crippen molar-refractivity contribution in [3.8, 4) is 0 Å². The van der Waals surface area contributed by atoms with E-state index < -0.39 is 35.8 Å². The van der Waals surface area contributed by atoms with Gasteiger partial charge in [-0.25, -0.2) is 0 Å². The highest BCUT2D eigenvalue weighted by Crippen LogP contribution is 2.11. The first-order valence-electron chi connectivity index (χ1n) is 12.5. The SMILES string of the molecule is C/C=N\C(=C/C)CC(NC(=O)CNC(=O)C(NC(=O)C(C)C)C(C)C)C(=O)NC(CC(C)C)C(C)=O. The van der Waals surface area contributed by atoms with Crippen molar-refractivity contribution in [2.45, 2.75) is 93.3 Å². The second-order valence-corrected chi connectivity index (χ2v) is 9.90. The maximum atomic E-state index is 13.1. The lowest BCUT2D eigenvalue weighted by molar-refractivity contribution is -0.133. The van der Waals surface area contributed by atoms with E-state index in [1.165, 1.54) is 6.92 Å². The fourth-order valence-electron chi connectivity index (χ4n) is 3.28. The Kier molecular flexibility index (Phi) is 15.2. The third-order valence-electron chi connectivity index (χ3n) is 5.40. The minimum Gasteiger partial charge on any atom is -0.345 e. The molecule has 3 atom stereocenters. The molecule has 0 aromatic rings. The summed E-state index contributed by atoms with van der Waals surface area (Å²) < 4.78 is 0. The fourth-order valence-corrected chi connectivity index (χ4v) is 3.28. The van der Waals surface area contributed by atoms with E-state index in [0.717, 1.165) is 0 Å². The quantitative estimate of drug-likeness (QED) is 0.250. The molecular weight excluding hydrogens is 462 g/mol. The monoisotopic (exact) mass is 507 g/mol. The molecule has 0 bridgehead atoms. The van der Waals surface area contributed by atoms with Gasteiger partial charge in [0.2, 0.25) is 23.6 Å². The van der Waals surface area contributed by atoms with E-state index in [0.29, 0.717) is 12.1 Å². The summed E-state index contributed by atoms with van der Waals surface area (Å²) in [4.78, 5) is 66.7. The molecular formula is C26H45N5O5. The van der Waals surface area contributed by atoms with Gasteiger partial charge in [0.1, 0.15) is 12.1 Å². The average molecular weight is 508 g/mol. The number of nitrogens with one attached hydrogen (secondary N) is 4. The molecule has 0 fully saturated rings. The zero-order valence-electron chi connectivity index (χ0n) is 23.2. The van der Waals surface area contributed by atoms with Gasteiger partial charge in [-0.05, 0) is 39.0 Å². The predicted octanol–water partition coefficient (Wildman–Crippen LogP) is 1.89. The van der Waals surface area contributed by atoms with Crippen LogP contribution in [0.5, 0.6) is 0 Å². The molecule has 0 aliphatic heterocycles. The van der Waals surface area contributed by atoms with E-state index >= 15 is 0 Å². The molecule has 0 spiro atoms. The molecule has 0 saturated carbocycles. The van der Waals surface area contributed by atoms with Crippen molar-refractivity contribution in [2.24, 2.45) is 22.7 Å². The highest BCUT2D eigenvalue weighted by molar-refractivity contribution is 5.94. The van der Waals surface area contributed by atoms with Crippen LogP contribution in [0.15, 0.2) is 16.8 Å². The van der Waals surface area contributed by atoms with Crippen molar-refractivity contribution in [3.05, 3.63) is 11.8 Å². The van der Waals surface area contributed by atoms with Gasteiger partial charge < -0.3 is 21.3 Å². The number of rotatable bonds is 15. The Morgan fingerprint density at radius 2 is 1.42 bits per heavy atom. The molecule has 0 heterocycles. The Balaban J connectivity index is 5.46. The van der Waals surface area contributed by atoms with Crippen LogP contribution in [0.25, 0.3) is 0 Å². The van der Waals surface area contributed by atoms with Crippen molar-refractivity contribution < 1.29 is 24.0 Å². The van der Waals surface area contributed by atoms with Crippen LogP contribution in [0.4, 0.5) is 0 Å². The van der Waals surface area contributed by atoms with Crippen LogP contribution in [0.1, 0.15) is 75.2 Å². The highest BCUT2D eigenvalue weighted by atomic mass is 16.2. The molecule has 0 saturated heterocycles. The van der Waals surface area contributed by atoms with Gasteiger partial charge in [-0.3, -0.25) is 29.0 Å². The van der Waals surface area contributed by atoms with Gasteiger partial charge in [0, 0.05) is 24.3 Å². The van der Waals surface area contributed by atoms with Crippen LogP contribution >= 0.6 is 0 Å². The molecule has 0 aromatic heterocycles. The first kappa shape index (κ1) is 33.0. The molecule has 0 radical (unpaired) electrons. The topological polar surface area (TPSA) is 146 Å². The summed E-state index contributed by atoms with van der Waals surface area (Å²) in [6, 6.07) is -2.47. The number of carbonyl (C=O) groups is 5. The number of allylic oxidation sites excluding steroid dienone is 1. The Bertz CT molecular complexity index is 833. The molecule has 0 rings (SSSR count). The van der Waals surface area contributed by atoms with Gasteiger partial charge >= 0.3 is 0 Å². The molecule has 4 amide bonds. The predicted molar refractivity (Wildman–Crippen MR) is 141 cm³/mol. The Morgan fingerprint density at radius 3 is 1.86 bits per heavy atom. The van der Waals surface area contributed by atoms with Crippen LogP contribution in [0.3, 0.4) is 0 Å². The maximum Gasteiger partial charge on any atom is 0.243 e. The number of carbonyl (C=O) groups excluding carboxylic acids is 5. The molecule has 36 heavy (non-hydrogen) atoms. The first-order valence-corrected chi connectivity index (χ1v) is 12.5. The van der Waals surface area contributed by atoms with E-state index in [9.17, 15) is 24.0 Å². The summed E-state index contributed by atoms with van der Waals surface area (Å²) >= 11 is 0. The van der Waals surface area contributed by atoms with Gasteiger partial charge in [0.15, 0.2) is 5.78 Å². The van der Waals surface area contributed by atoms with Gasteiger partial charge in [0.25, 0.3) is 0 Å². The lowest BCUT2D eigenvalue weighted by atomic mass is 10.00. The fraction of sp³-hybridized carbons (Fsp3) is 0.692. The second kappa shape index (κ2) is 16.6. The summed E-state index contributed by atoms with van der Waals surface area (Å²) in [7, 11) is 0. The van der Waals surface area contributed by atoms with Crippen LogP contribution < -0.4 is 21.3 Å². The molecule has 3 unspecified atom stereocenters. The number of nitrogens with zero attached hydrogens (tertiary/aromatic N) is 1. The summed E-state index contributed by atoms with van der Waals surface area (Å²) in [5, 5.41) is 10.6. The number of Topliss-reactive ketones (excluding diaryl/α,β-unsaturated/α-hetero) is 1. The van der Waals surface area contributed by atoms with E-state index in [4.69, 9.17) is 0 Å². The molecule has 10 nitrogen and oxygen atoms in total. The van der Waals surface area contributed by atoms with Crippen molar-refractivity contribution in [1.82, 2.24) is 21.3 Å². The van der Waals surface area contributed by atoms with Gasteiger partial charge in [-0.15, -0.1) is 0 Å². The third kappa shape index (κ3) is 12.6. The summed E-state index contributed by atoms with van der Waals surface area (Å²) in [5.41, 5.74) is 0.585. The number of hydrogen-bond donors (Lipinski definition) is 4. The zero-order chi connectivity index (χ0) is 28.0. The standard InChI is InChI=1S/C26H45N5O5/c1-10-19(27-11-2)13-21(25(35)30-20(18(9)32)12-15(3)4)29-22(33)14-28-26(36)23(16(5)6)31-24(34)17(7)8/h10-11,15-17,20-21,23H,12-14H2,1-9H3,(H,28,36)(H,29,33)(H,30,35)(H,31,34)/b19-10-,27-11-. The summed E-state index contributed by atoms with van der Waals surface area (Å²) in [6.07, 6.45) is 3.90. The first-order chi connectivity index (χ1) is 16.7. The third-order valence-corrected chi connectivity index (χ3v) is 5.40. The molecule has 0 aliphatic carbocycles. The van der Waals surface area contributed by atoms with Crippen LogP contribution in [-0.4, -0.2) is 60.3 Å². The Labute approximate surface area is 215 Å². The van der Waals surface area contributed by atoms with Gasteiger partial charge in [0.05, 0.1) is 12.6 Å². The summed E-state index contributed by atoms with van der Waals surface area (Å²) in [6.45, 7) is 15.5. The number of aliphatic imine (C=N–C) groups is 1. The lowest BCUT2D eigenvalue weighted by Crippen LogP contribution is -2.55.